The van der Waals surface area contributed by atoms with Crippen LogP contribution in [0.4, 0.5) is 0 Å². The number of aliphatic imine (C=N–C) groups is 1. The van der Waals surface area contributed by atoms with E-state index in [9.17, 15) is 4.79 Å². The first-order chi connectivity index (χ1) is 7.68. The van der Waals surface area contributed by atoms with Crippen LogP contribution in [0, 0.1) is 0 Å². The van der Waals surface area contributed by atoms with Crippen LogP contribution in [0.25, 0.3) is 0 Å². The third-order valence-corrected chi connectivity index (χ3v) is 3.57. The van der Waals surface area contributed by atoms with Gasteiger partial charge in [-0.05, 0) is 39.3 Å². The molecule has 0 aromatic heterocycles. The first-order valence-electron chi connectivity index (χ1n) is 6.04. The van der Waals surface area contributed by atoms with Gasteiger partial charge in [0.15, 0.2) is 5.96 Å². The highest BCUT2D eigenvalue weighted by atomic mass is 16.2. The molecule has 1 spiro atoms. The summed E-state index contributed by atoms with van der Waals surface area (Å²) in [5.74, 6) is 0.793. The SMILES string of the molecule is CN1CCCC2(C1)NC(=NC1CC1)NC2=O. The fourth-order valence-corrected chi connectivity index (χ4v) is 2.55. The van der Waals surface area contributed by atoms with Crippen LogP contribution < -0.4 is 10.6 Å². The molecular weight excluding hydrogens is 204 g/mol. The zero-order chi connectivity index (χ0) is 11.2. The molecule has 0 aromatic rings. The van der Waals surface area contributed by atoms with Gasteiger partial charge in [-0.3, -0.25) is 10.1 Å². The van der Waals surface area contributed by atoms with Crippen molar-refractivity contribution in [2.45, 2.75) is 37.3 Å². The van der Waals surface area contributed by atoms with Gasteiger partial charge >= 0.3 is 0 Å². The summed E-state index contributed by atoms with van der Waals surface area (Å²) in [6.45, 7) is 1.86. The summed E-state index contributed by atoms with van der Waals surface area (Å²) in [5.41, 5.74) is -0.416. The largest absolute Gasteiger partial charge is 0.341 e. The molecule has 5 nitrogen and oxygen atoms in total. The van der Waals surface area contributed by atoms with Crippen molar-refractivity contribution in [1.82, 2.24) is 15.5 Å². The van der Waals surface area contributed by atoms with Gasteiger partial charge in [0.25, 0.3) is 5.91 Å². The normalized spacial score (nSPS) is 37.8. The molecule has 1 aliphatic carbocycles. The highest BCUT2D eigenvalue weighted by Crippen LogP contribution is 2.26. The summed E-state index contributed by atoms with van der Waals surface area (Å²) < 4.78 is 0. The number of nitrogens with one attached hydrogen (secondary N) is 2. The summed E-state index contributed by atoms with van der Waals surface area (Å²) >= 11 is 0. The summed E-state index contributed by atoms with van der Waals surface area (Å²) in [4.78, 5) is 18.7. The molecule has 16 heavy (non-hydrogen) atoms. The highest BCUT2D eigenvalue weighted by Gasteiger charge is 2.47. The molecule has 2 aliphatic heterocycles. The monoisotopic (exact) mass is 222 g/mol. The average molecular weight is 222 g/mol. The van der Waals surface area contributed by atoms with Crippen molar-refractivity contribution in [3.05, 3.63) is 0 Å². The van der Waals surface area contributed by atoms with Crippen LogP contribution in [0.3, 0.4) is 0 Å². The molecule has 2 heterocycles. The number of amides is 1. The second-order valence-corrected chi connectivity index (χ2v) is 5.21. The molecule has 2 saturated heterocycles. The van der Waals surface area contributed by atoms with Crippen LogP contribution in [0.5, 0.6) is 0 Å². The van der Waals surface area contributed by atoms with Crippen molar-refractivity contribution in [3.8, 4) is 0 Å². The Balaban J connectivity index is 1.77. The molecule has 88 valence electrons. The van der Waals surface area contributed by atoms with Gasteiger partial charge in [0.05, 0.1) is 6.04 Å². The van der Waals surface area contributed by atoms with Gasteiger partial charge in [0, 0.05) is 6.54 Å². The number of rotatable bonds is 1. The van der Waals surface area contributed by atoms with Gasteiger partial charge in [-0.15, -0.1) is 0 Å². The minimum Gasteiger partial charge on any atom is -0.341 e. The number of likely N-dealkylation sites (tertiary alicyclic amines) is 1. The van der Waals surface area contributed by atoms with E-state index in [0.29, 0.717) is 12.0 Å². The molecule has 5 heteroatoms. The Morgan fingerprint density at radius 2 is 2.31 bits per heavy atom. The number of carbonyl (C=O) groups excluding carboxylic acids is 1. The first kappa shape index (κ1) is 10.1. The van der Waals surface area contributed by atoms with Crippen LogP contribution in [-0.4, -0.2) is 48.5 Å². The quantitative estimate of drug-likeness (QED) is 0.640. The molecule has 0 radical (unpaired) electrons. The molecule has 0 aromatic carbocycles. The standard InChI is InChI=1S/C11H18N4O/c1-15-6-2-5-11(7-15)9(16)13-10(14-11)12-8-3-4-8/h8H,2-7H2,1H3,(H2,12,13,14,16). The first-order valence-corrected chi connectivity index (χ1v) is 6.04. The molecule has 2 N–H and O–H groups in total. The van der Waals surface area contributed by atoms with Crippen LogP contribution in [0.1, 0.15) is 25.7 Å². The maximum absolute atomic E-state index is 12.0. The minimum absolute atomic E-state index is 0.0958. The fraction of sp³-hybridized carbons (Fsp3) is 0.818. The minimum atomic E-state index is -0.416. The third-order valence-electron chi connectivity index (χ3n) is 3.57. The lowest BCUT2D eigenvalue weighted by molar-refractivity contribution is -0.125. The van der Waals surface area contributed by atoms with E-state index >= 15 is 0 Å². The van der Waals surface area contributed by atoms with Crippen molar-refractivity contribution >= 4 is 11.9 Å². The van der Waals surface area contributed by atoms with E-state index in [1.807, 2.05) is 0 Å². The Morgan fingerprint density at radius 1 is 1.50 bits per heavy atom. The van der Waals surface area contributed by atoms with Crippen molar-refractivity contribution in [2.75, 3.05) is 20.1 Å². The Bertz CT molecular complexity index is 350. The molecule has 3 rings (SSSR count). The summed E-state index contributed by atoms with van der Waals surface area (Å²) in [5, 5.41) is 6.19. The van der Waals surface area contributed by atoms with E-state index in [1.165, 1.54) is 0 Å². The smallest absolute Gasteiger partial charge is 0.253 e. The number of carbonyl (C=O) groups is 1. The maximum Gasteiger partial charge on any atom is 0.253 e. The highest BCUT2D eigenvalue weighted by molar-refractivity contribution is 6.09. The Kier molecular flexibility index (Phi) is 2.17. The summed E-state index contributed by atoms with van der Waals surface area (Å²) in [6.07, 6.45) is 4.29. The van der Waals surface area contributed by atoms with Crippen LogP contribution in [0.15, 0.2) is 4.99 Å². The Labute approximate surface area is 95.3 Å². The maximum atomic E-state index is 12.0. The second-order valence-electron chi connectivity index (χ2n) is 5.21. The van der Waals surface area contributed by atoms with E-state index in [2.05, 4.69) is 27.6 Å². The number of hydrogen-bond acceptors (Lipinski definition) is 3. The number of guanidine groups is 1. The van der Waals surface area contributed by atoms with Crippen molar-refractivity contribution in [1.29, 1.82) is 0 Å². The van der Waals surface area contributed by atoms with E-state index in [-0.39, 0.29) is 5.91 Å². The molecule has 0 bridgehead atoms. The van der Waals surface area contributed by atoms with E-state index in [4.69, 9.17) is 0 Å². The van der Waals surface area contributed by atoms with Crippen LogP contribution in [-0.2, 0) is 4.79 Å². The molecule has 1 amide bonds. The lowest BCUT2D eigenvalue weighted by Gasteiger charge is -2.36. The molecule has 3 fully saturated rings. The van der Waals surface area contributed by atoms with E-state index in [1.54, 1.807) is 0 Å². The molecule has 1 saturated carbocycles. The average Bonchev–Trinajstić information content (AvgIpc) is 2.96. The van der Waals surface area contributed by atoms with E-state index in [0.717, 1.165) is 38.8 Å². The van der Waals surface area contributed by atoms with Crippen LogP contribution in [0.2, 0.25) is 0 Å². The lowest BCUT2D eigenvalue weighted by Crippen LogP contribution is -2.57. The van der Waals surface area contributed by atoms with Gasteiger partial charge in [-0.1, -0.05) is 0 Å². The predicted octanol–water partition coefficient (Wildman–Crippen LogP) is -0.311. The number of hydrogen-bond donors (Lipinski definition) is 2. The molecule has 1 atom stereocenters. The molecule has 3 aliphatic rings. The van der Waals surface area contributed by atoms with Gasteiger partial charge < -0.3 is 10.2 Å². The number of nitrogens with zero attached hydrogens (tertiary/aromatic N) is 2. The Morgan fingerprint density at radius 3 is 3.00 bits per heavy atom. The van der Waals surface area contributed by atoms with Crippen molar-refractivity contribution in [3.63, 3.8) is 0 Å². The van der Waals surface area contributed by atoms with Crippen molar-refractivity contribution in [2.24, 2.45) is 4.99 Å². The van der Waals surface area contributed by atoms with Crippen LogP contribution >= 0.6 is 0 Å². The zero-order valence-electron chi connectivity index (χ0n) is 9.62. The predicted molar refractivity (Wildman–Crippen MR) is 61.2 cm³/mol. The fourth-order valence-electron chi connectivity index (χ4n) is 2.55. The van der Waals surface area contributed by atoms with Gasteiger partial charge in [-0.25, -0.2) is 4.99 Å². The summed E-state index contributed by atoms with van der Waals surface area (Å²) in [6, 6.07) is 0.444. The Hall–Kier alpha value is -1.10. The lowest BCUT2D eigenvalue weighted by atomic mass is 9.89. The summed E-state index contributed by atoms with van der Waals surface area (Å²) in [7, 11) is 2.06. The second kappa shape index (κ2) is 3.45. The van der Waals surface area contributed by atoms with E-state index < -0.39 is 5.54 Å². The van der Waals surface area contributed by atoms with Gasteiger partial charge in [0.1, 0.15) is 5.54 Å². The van der Waals surface area contributed by atoms with Gasteiger partial charge in [-0.2, -0.15) is 0 Å². The third kappa shape index (κ3) is 1.69. The number of piperidine rings is 1. The molecular formula is C11H18N4O. The van der Waals surface area contributed by atoms with Gasteiger partial charge in [0.2, 0.25) is 0 Å². The topological polar surface area (TPSA) is 56.7 Å². The number of likely N-dealkylation sites (N-methyl/N-ethyl adjacent to an activating group) is 1. The van der Waals surface area contributed by atoms with Crippen molar-refractivity contribution < 1.29 is 4.79 Å². The molecule has 1 unspecified atom stereocenters. The zero-order valence-corrected chi connectivity index (χ0v) is 9.62.